The lowest BCUT2D eigenvalue weighted by molar-refractivity contribution is -0.387. The fourth-order valence-corrected chi connectivity index (χ4v) is 4.64. The van der Waals surface area contributed by atoms with E-state index in [2.05, 4.69) is 6.92 Å². The highest BCUT2D eigenvalue weighted by atomic mass is 17.2. The molecule has 0 N–H and O–H groups in total. The molecule has 4 aliphatic rings. The van der Waals surface area contributed by atoms with E-state index in [4.69, 9.17) is 9.78 Å². The number of hydrogen-bond acceptors (Lipinski definition) is 2. The molecular formula is C15H25O2. The summed E-state index contributed by atoms with van der Waals surface area (Å²) in [6.45, 7) is 4.59. The summed E-state index contributed by atoms with van der Waals surface area (Å²) >= 11 is 0. The summed E-state index contributed by atoms with van der Waals surface area (Å²) in [5, 5.41) is 0. The van der Waals surface area contributed by atoms with E-state index in [0.29, 0.717) is 0 Å². The smallest absolute Gasteiger partial charge is 0.104 e. The van der Waals surface area contributed by atoms with Crippen molar-refractivity contribution in [2.45, 2.75) is 63.4 Å². The Morgan fingerprint density at radius 1 is 0.941 bits per heavy atom. The molecular weight excluding hydrogens is 212 g/mol. The van der Waals surface area contributed by atoms with Crippen molar-refractivity contribution in [3.63, 3.8) is 0 Å². The van der Waals surface area contributed by atoms with E-state index >= 15 is 0 Å². The number of hydrogen-bond donors (Lipinski definition) is 0. The lowest BCUT2D eigenvalue weighted by Crippen LogP contribution is -2.52. The largest absolute Gasteiger partial charge is 0.236 e. The summed E-state index contributed by atoms with van der Waals surface area (Å²) in [4.78, 5) is 11.4. The average Bonchev–Trinajstić information content (AvgIpc) is 2.26. The van der Waals surface area contributed by atoms with Crippen LogP contribution in [0.5, 0.6) is 0 Å². The first-order chi connectivity index (χ1) is 8.30. The Hall–Kier alpha value is -0.0800. The Kier molecular flexibility index (Phi) is 3.45. The van der Waals surface area contributed by atoms with Gasteiger partial charge in [0.25, 0.3) is 0 Å². The third-order valence-corrected chi connectivity index (χ3v) is 4.95. The van der Waals surface area contributed by atoms with E-state index in [1.165, 1.54) is 38.5 Å². The van der Waals surface area contributed by atoms with E-state index in [0.717, 1.165) is 43.6 Å². The maximum Gasteiger partial charge on any atom is 0.104 e. The van der Waals surface area contributed by atoms with Gasteiger partial charge in [0.05, 0.1) is 6.61 Å². The van der Waals surface area contributed by atoms with E-state index in [1.54, 1.807) is 0 Å². The quantitative estimate of drug-likeness (QED) is 0.396. The van der Waals surface area contributed by atoms with Gasteiger partial charge < -0.3 is 0 Å². The van der Waals surface area contributed by atoms with Crippen LogP contribution in [-0.2, 0) is 9.78 Å². The maximum atomic E-state index is 5.87. The summed E-state index contributed by atoms with van der Waals surface area (Å²) in [6, 6.07) is 0. The molecule has 0 aromatic heterocycles. The minimum absolute atomic E-state index is 0.110. The summed E-state index contributed by atoms with van der Waals surface area (Å²) in [5.41, 5.74) is 0.110. The summed E-state index contributed by atoms with van der Waals surface area (Å²) in [6.07, 6.45) is 11.4. The molecule has 0 aliphatic heterocycles. The van der Waals surface area contributed by atoms with Crippen molar-refractivity contribution >= 4 is 0 Å². The van der Waals surface area contributed by atoms with Gasteiger partial charge in [-0.3, -0.25) is 0 Å². The standard InChI is InChI=1S/C15H25O2/c1-2-3-4-5-16-17-15-9-12-6-13(10-15)8-14(7-12)11-15/h12-14H,1-11H2. The molecule has 4 aliphatic carbocycles. The first kappa shape index (κ1) is 12.0. The minimum Gasteiger partial charge on any atom is -0.236 e. The zero-order chi connectivity index (χ0) is 11.7. The predicted octanol–water partition coefficient (Wildman–Crippen LogP) is 3.91. The highest BCUT2D eigenvalue weighted by Crippen LogP contribution is 2.57. The van der Waals surface area contributed by atoms with E-state index in [9.17, 15) is 0 Å². The summed E-state index contributed by atoms with van der Waals surface area (Å²) in [5.74, 6) is 2.80. The number of rotatable bonds is 6. The predicted molar refractivity (Wildman–Crippen MR) is 67.1 cm³/mol. The van der Waals surface area contributed by atoms with Gasteiger partial charge in [-0.25, -0.2) is 9.78 Å². The van der Waals surface area contributed by atoms with E-state index in [1.807, 2.05) is 0 Å². The monoisotopic (exact) mass is 237 g/mol. The molecule has 17 heavy (non-hydrogen) atoms. The molecule has 4 fully saturated rings. The third-order valence-electron chi connectivity index (χ3n) is 4.95. The lowest BCUT2D eigenvalue weighted by atomic mass is 9.54. The van der Waals surface area contributed by atoms with Crippen molar-refractivity contribution in [3.05, 3.63) is 6.92 Å². The Morgan fingerprint density at radius 2 is 1.53 bits per heavy atom. The van der Waals surface area contributed by atoms with Gasteiger partial charge in [-0.05, 0) is 62.7 Å². The zero-order valence-corrected chi connectivity index (χ0v) is 10.8. The third kappa shape index (κ3) is 2.53. The number of unbranched alkanes of at least 4 members (excludes halogenated alkanes) is 2. The summed E-state index contributed by atoms with van der Waals surface area (Å²) < 4.78 is 0. The molecule has 0 saturated heterocycles. The SMILES string of the molecule is [CH2]CCCCOOC12CC3CC(CC(C3)C1)C2. The average molecular weight is 237 g/mol. The first-order valence-corrected chi connectivity index (χ1v) is 7.39. The Bertz CT molecular complexity index is 226. The molecule has 0 heterocycles. The normalized spacial score (nSPS) is 43.2. The van der Waals surface area contributed by atoms with Crippen molar-refractivity contribution < 1.29 is 9.78 Å². The molecule has 2 heteroatoms. The lowest BCUT2D eigenvalue weighted by Gasteiger charge is -2.55. The van der Waals surface area contributed by atoms with Crippen LogP contribution < -0.4 is 0 Å². The van der Waals surface area contributed by atoms with Gasteiger partial charge in [-0.15, -0.1) is 0 Å². The highest BCUT2D eigenvalue weighted by Gasteiger charge is 2.52. The van der Waals surface area contributed by atoms with Crippen LogP contribution in [0, 0.1) is 24.7 Å². The molecule has 97 valence electrons. The van der Waals surface area contributed by atoms with Gasteiger partial charge in [0.15, 0.2) is 0 Å². The second-order valence-electron chi connectivity index (χ2n) is 6.57. The topological polar surface area (TPSA) is 18.5 Å². The molecule has 0 amide bonds. The first-order valence-electron chi connectivity index (χ1n) is 7.39. The second kappa shape index (κ2) is 4.89. The van der Waals surface area contributed by atoms with Crippen LogP contribution in [0.1, 0.15) is 57.8 Å². The molecule has 4 bridgehead atoms. The molecule has 0 aromatic rings. The molecule has 4 rings (SSSR count). The Balaban J connectivity index is 1.49. The molecule has 1 radical (unpaired) electrons. The van der Waals surface area contributed by atoms with Gasteiger partial charge in [-0.2, -0.15) is 0 Å². The van der Waals surface area contributed by atoms with Crippen LogP contribution in [0.3, 0.4) is 0 Å². The molecule has 4 saturated carbocycles. The molecule has 0 atom stereocenters. The van der Waals surface area contributed by atoms with Crippen LogP contribution >= 0.6 is 0 Å². The van der Waals surface area contributed by atoms with Crippen LogP contribution in [0.2, 0.25) is 0 Å². The van der Waals surface area contributed by atoms with Crippen molar-refractivity contribution in [1.29, 1.82) is 0 Å². The zero-order valence-electron chi connectivity index (χ0n) is 10.8. The van der Waals surface area contributed by atoms with Gasteiger partial charge in [0.1, 0.15) is 5.60 Å². The van der Waals surface area contributed by atoms with E-state index < -0.39 is 0 Å². The fourth-order valence-electron chi connectivity index (χ4n) is 4.64. The van der Waals surface area contributed by atoms with Crippen molar-refractivity contribution in [3.8, 4) is 0 Å². The van der Waals surface area contributed by atoms with Crippen LogP contribution in [0.15, 0.2) is 0 Å². The Morgan fingerprint density at radius 3 is 2.06 bits per heavy atom. The van der Waals surface area contributed by atoms with Crippen molar-refractivity contribution in [1.82, 2.24) is 0 Å². The molecule has 2 nitrogen and oxygen atoms in total. The Labute approximate surface area is 105 Å². The van der Waals surface area contributed by atoms with Gasteiger partial charge >= 0.3 is 0 Å². The summed E-state index contributed by atoms with van der Waals surface area (Å²) in [7, 11) is 0. The minimum atomic E-state index is 0.110. The molecule has 0 aromatic carbocycles. The highest BCUT2D eigenvalue weighted by molar-refractivity contribution is 5.02. The van der Waals surface area contributed by atoms with Crippen LogP contribution in [-0.4, -0.2) is 12.2 Å². The van der Waals surface area contributed by atoms with Crippen LogP contribution in [0.25, 0.3) is 0 Å². The van der Waals surface area contributed by atoms with E-state index in [-0.39, 0.29) is 5.60 Å². The fraction of sp³-hybridized carbons (Fsp3) is 0.933. The maximum absolute atomic E-state index is 5.87. The molecule has 0 spiro atoms. The molecule has 0 unspecified atom stereocenters. The second-order valence-corrected chi connectivity index (χ2v) is 6.57. The van der Waals surface area contributed by atoms with Gasteiger partial charge in [0, 0.05) is 0 Å². The van der Waals surface area contributed by atoms with Gasteiger partial charge in [-0.1, -0.05) is 19.8 Å². The van der Waals surface area contributed by atoms with Crippen molar-refractivity contribution in [2.75, 3.05) is 6.61 Å². The van der Waals surface area contributed by atoms with Crippen molar-refractivity contribution in [2.24, 2.45) is 17.8 Å². The van der Waals surface area contributed by atoms with Crippen LogP contribution in [0.4, 0.5) is 0 Å². The van der Waals surface area contributed by atoms with Gasteiger partial charge in [0.2, 0.25) is 0 Å².